The Bertz CT molecular complexity index is 475. The number of nitrogens with zero attached hydrogens (tertiary/aromatic N) is 1. The van der Waals surface area contributed by atoms with E-state index in [-0.39, 0.29) is 5.78 Å². The number of benzene rings is 1. The van der Waals surface area contributed by atoms with Crippen LogP contribution in [0.25, 0.3) is 0 Å². The van der Waals surface area contributed by atoms with Crippen LogP contribution in [0.4, 0.5) is 0 Å². The fourth-order valence-electron chi connectivity index (χ4n) is 2.37. The SMILES string of the molecule is CC1(C)CCN(CCC(=O)c2ccccc2Cl)CCS1. The lowest BCUT2D eigenvalue weighted by Crippen LogP contribution is -2.29. The number of Topliss-reactive ketones (excluding diaryl/α,β-unsaturated/α-hetero) is 1. The number of hydrogen-bond acceptors (Lipinski definition) is 3. The van der Waals surface area contributed by atoms with Crippen molar-refractivity contribution in [2.75, 3.05) is 25.4 Å². The molecule has 110 valence electrons. The highest BCUT2D eigenvalue weighted by Crippen LogP contribution is 2.30. The zero-order valence-corrected chi connectivity index (χ0v) is 13.8. The Morgan fingerprint density at radius 2 is 2.10 bits per heavy atom. The van der Waals surface area contributed by atoms with Gasteiger partial charge in [-0.1, -0.05) is 37.6 Å². The molecule has 0 saturated carbocycles. The Balaban J connectivity index is 1.86. The van der Waals surface area contributed by atoms with Crippen molar-refractivity contribution in [3.8, 4) is 0 Å². The first-order valence-corrected chi connectivity index (χ1v) is 8.48. The van der Waals surface area contributed by atoms with Crippen molar-refractivity contribution < 1.29 is 4.79 Å². The molecule has 0 aliphatic carbocycles. The molecule has 1 heterocycles. The molecule has 1 aliphatic rings. The number of halogens is 1. The average Bonchev–Trinajstić information content (AvgIpc) is 2.57. The minimum absolute atomic E-state index is 0.145. The monoisotopic (exact) mass is 311 g/mol. The van der Waals surface area contributed by atoms with Gasteiger partial charge >= 0.3 is 0 Å². The van der Waals surface area contributed by atoms with Gasteiger partial charge in [0, 0.05) is 35.6 Å². The van der Waals surface area contributed by atoms with Gasteiger partial charge in [0.2, 0.25) is 0 Å². The fraction of sp³-hybridized carbons (Fsp3) is 0.562. The van der Waals surface area contributed by atoms with Gasteiger partial charge < -0.3 is 4.90 Å². The Hall–Kier alpha value is -0.510. The maximum Gasteiger partial charge on any atom is 0.165 e. The number of thioether (sulfide) groups is 1. The Morgan fingerprint density at radius 3 is 2.85 bits per heavy atom. The van der Waals surface area contributed by atoms with Crippen molar-refractivity contribution in [1.29, 1.82) is 0 Å². The summed E-state index contributed by atoms with van der Waals surface area (Å²) in [5.74, 6) is 1.29. The summed E-state index contributed by atoms with van der Waals surface area (Å²) in [6.07, 6.45) is 1.73. The molecule has 0 spiro atoms. The summed E-state index contributed by atoms with van der Waals surface area (Å²) >= 11 is 8.10. The first kappa shape index (κ1) is 15.9. The lowest BCUT2D eigenvalue weighted by molar-refractivity contribution is 0.0965. The molecule has 1 saturated heterocycles. The van der Waals surface area contributed by atoms with Crippen LogP contribution in [-0.2, 0) is 0 Å². The quantitative estimate of drug-likeness (QED) is 0.780. The molecule has 1 aliphatic heterocycles. The van der Waals surface area contributed by atoms with Gasteiger partial charge in [-0.15, -0.1) is 0 Å². The molecular weight excluding hydrogens is 290 g/mol. The summed E-state index contributed by atoms with van der Waals surface area (Å²) in [6.45, 7) is 7.59. The second kappa shape index (κ2) is 6.97. The van der Waals surface area contributed by atoms with E-state index in [4.69, 9.17) is 11.6 Å². The molecule has 0 aromatic heterocycles. The molecular formula is C16H22ClNOS. The topological polar surface area (TPSA) is 20.3 Å². The lowest BCUT2D eigenvalue weighted by atomic mass is 10.1. The predicted molar refractivity (Wildman–Crippen MR) is 88.0 cm³/mol. The Kier molecular flexibility index (Phi) is 5.53. The molecule has 0 unspecified atom stereocenters. The van der Waals surface area contributed by atoms with Crippen LogP contribution < -0.4 is 0 Å². The predicted octanol–water partition coefficient (Wildman–Crippen LogP) is 4.13. The summed E-state index contributed by atoms with van der Waals surface area (Å²) < 4.78 is 0.363. The molecule has 1 aromatic carbocycles. The van der Waals surface area contributed by atoms with E-state index in [0.29, 0.717) is 21.8 Å². The third kappa shape index (κ3) is 4.51. The van der Waals surface area contributed by atoms with Crippen molar-refractivity contribution in [2.45, 2.75) is 31.4 Å². The standard InChI is InChI=1S/C16H22ClNOS/c1-16(2)8-10-18(11-12-20-16)9-7-15(19)13-5-3-4-6-14(13)17/h3-6H,7-12H2,1-2H3. The third-order valence-corrected chi connectivity index (χ3v) is 5.46. The molecule has 20 heavy (non-hydrogen) atoms. The number of carbonyl (C=O) groups excluding carboxylic acids is 1. The molecule has 0 atom stereocenters. The second-order valence-corrected chi connectivity index (χ2v) is 8.06. The van der Waals surface area contributed by atoms with Gasteiger partial charge in [0.1, 0.15) is 0 Å². The fourth-order valence-corrected chi connectivity index (χ4v) is 3.75. The molecule has 0 N–H and O–H groups in total. The van der Waals surface area contributed by atoms with Gasteiger partial charge in [0.25, 0.3) is 0 Å². The van der Waals surface area contributed by atoms with Crippen molar-refractivity contribution in [3.63, 3.8) is 0 Å². The average molecular weight is 312 g/mol. The minimum atomic E-state index is 0.145. The highest BCUT2D eigenvalue weighted by molar-refractivity contribution is 8.00. The van der Waals surface area contributed by atoms with E-state index in [1.807, 2.05) is 30.0 Å². The Morgan fingerprint density at radius 1 is 1.35 bits per heavy atom. The van der Waals surface area contributed by atoms with E-state index in [1.165, 1.54) is 6.42 Å². The van der Waals surface area contributed by atoms with Crippen LogP contribution in [0.5, 0.6) is 0 Å². The normalized spacial score (nSPS) is 19.6. The van der Waals surface area contributed by atoms with Crippen LogP contribution in [0.15, 0.2) is 24.3 Å². The number of ketones is 1. The summed E-state index contributed by atoms with van der Waals surface area (Å²) in [5.41, 5.74) is 0.652. The lowest BCUT2D eigenvalue weighted by Gasteiger charge is -2.22. The highest BCUT2D eigenvalue weighted by atomic mass is 35.5. The zero-order chi connectivity index (χ0) is 14.6. The Labute approximate surface area is 130 Å². The molecule has 0 bridgehead atoms. The van der Waals surface area contributed by atoms with Crippen LogP contribution in [0.1, 0.15) is 37.0 Å². The van der Waals surface area contributed by atoms with Gasteiger partial charge in [-0.25, -0.2) is 0 Å². The highest BCUT2D eigenvalue weighted by Gasteiger charge is 2.23. The second-order valence-electron chi connectivity index (χ2n) is 5.85. The smallest absolute Gasteiger partial charge is 0.165 e. The van der Waals surface area contributed by atoms with Gasteiger partial charge in [-0.05, 0) is 25.1 Å². The summed E-state index contributed by atoms with van der Waals surface area (Å²) in [5, 5.41) is 0.560. The largest absolute Gasteiger partial charge is 0.302 e. The first-order chi connectivity index (χ1) is 9.48. The molecule has 1 fully saturated rings. The van der Waals surface area contributed by atoms with Crippen LogP contribution in [0.2, 0.25) is 5.02 Å². The number of hydrogen-bond donors (Lipinski definition) is 0. The van der Waals surface area contributed by atoms with Crippen LogP contribution in [0.3, 0.4) is 0 Å². The maximum atomic E-state index is 12.2. The number of rotatable bonds is 4. The van der Waals surface area contributed by atoms with Gasteiger partial charge in [0.15, 0.2) is 5.78 Å². The summed E-state index contributed by atoms with van der Waals surface area (Å²) in [7, 11) is 0. The molecule has 0 amide bonds. The molecule has 2 nitrogen and oxygen atoms in total. The van der Waals surface area contributed by atoms with Crippen LogP contribution >= 0.6 is 23.4 Å². The van der Waals surface area contributed by atoms with Gasteiger partial charge in [-0.3, -0.25) is 4.79 Å². The van der Waals surface area contributed by atoms with E-state index < -0.39 is 0 Å². The van der Waals surface area contributed by atoms with E-state index in [0.717, 1.165) is 25.4 Å². The molecule has 4 heteroatoms. The third-order valence-electron chi connectivity index (χ3n) is 3.76. The van der Waals surface area contributed by atoms with Crippen molar-refractivity contribution >= 4 is 29.1 Å². The van der Waals surface area contributed by atoms with E-state index in [2.05, 4.69) is 18.7 Å². The zero-order valence-electron chi connectivity index (χ0n) is 12.2. The van der Waals surface area contributed by atoms with E-state index >= 15 is 0 Å². The molecule has 1 aromatic rings. The van der Waals surface area contributed by atoms with Crippen molar-refractivity contribution in [2.24, 2.45) is 0 Å². The first-order valence-electron chi connectivity index (χ1n) is 7.12. The van der Waals surface area contributed by atoms with Gasteiger partial charge in [0.05, 0.1) is 5.02 Å². The van der Waals surface area contributed by atoms with E-state index in [1.54, 1.807) is 6.07 Å². The van der Waals surface area contributed by atoms with Crippen LogP contribution in [-0.4, -0.2) is 40.8 Å². The summed E-state index contributed by atoms with van der Waals surface area (Å²) in [4.78, 5) is 14.6. The summed E-state index contributed by atoms with van der Waals surface area (Å²) in [6, 6.07) is 7.31. The van der Waals surface area contributed by atoms with Crippen molar-refractivity contribution in [3.05, 3.63) is 34.9 Å². The molecule has 2 rings (SSSR count). The van der Waals surface area contributed by atoms with Crippen molar-refractivity contribution in [1.82, 2.24) is 4.90 Å². The minimum Gasteiger partial charge on any atom is -0.302 e. The van der Waals surface area contributed by atoms with Crippen LogP contribution in [0, 0.1) is 0 Å². The number of carbonyl (C=O) groups is 1. The van der Waals surface area contributed by atoms with Gasteiger partial charge in [-0.2, -0.15) is 11.8 Å². The van der Waals surface area contributed by atoms with E-state index in [9.17, 15) is 4.79 Å². The molecule has 0 radical (unpaired) electrons. The maximum absolute atomic E-state index is 12.2.